The highest BCUT2D eigenvalue weighted by Crippen LogP contribution is 2.17. The molecule has 1 aromatic rings. The van der Waals surface area contributed by atoms with Crippen LogP contribution in [0.1, 0.15) is 39.2 Å². The second-order valence-corrected chi connectivity index (χ2v) is 8.23. The third-order valence-corrected chi connectivity index (χ3v) is 4.54. The third kappa shape index (κ3) is 8.15. The van der Waals surface area contributed by atoms with Crippen molar-refractivity contribution in [2.45, 2.75) is 45.3 Å². The van der Waals surface area contributed by atoms with Crippen LogP contribution >= 0.6 is 0 Å². The average Bonchev–Trinajstić information content (AvgIpc) is 2.65. The van der Waals surface area contributed by atoms with Crippen LogP contribution in [0.2, 0.25) is 0 Å². The smallest absolute Gasteiger partial charge is 0.407 e. The number of amides is 1. The van der Waals surface area contributed by atoms with Crippen molar-refractivity contribution in [1.82, 2.24) is 10.2 Å². The monoisotopic (exact) mass is 389 g/mol. The molecule has 7 nitrogen and oxygen atoms in total. The Bertz CT molecular complexity index is 656. The maximum atomic E-state index is 11.7. The molecular formula is C21H31N3O4. The molecule has 0 spiro atoms. The van der Waals surface area contributed by atoms with Crippen LogP contribution in [0.25, 0.3) is 0 Å². The van der Waals surface area contributed by atoms with E-state index in [1.807, 2.05) is 20.8 Å². The molecule has 1 aliphatic heterocycles. The van der Waals surface area contributed by atoms with Crippen LogP contribution in [0.4, 0.5) is 4.79 Å². The summed E-state index contributed by atoms with van der Waals surface area (Å²) in [5, 5.41) is 21.9. The van der Waals surface area contributed by atoms with E-state index in [-0.39, 0.29) is 12.7 Å². The molecule has 1 aromatic carbocycles. The quantitative estimate of drug-likeness (QED) is 0.744. The summed E-state index contributed by atoms with van der Waals surface area (Å²) in [5.41, 5.74) is 0.0978. The van der Waals surface area contributed by atoms with Crippen molar-refractivity contribution >= 4 is 6.09 Å². The Hall–Kier alpha value is -2.30. The molecule has 7 heteroatoms. The molecule has 1 heterocycles. The first-order valence-corrected chi connectivity index (χ1v) is 9.75. The zero-order chi connectivity index (χ0) is 20.6. The second-order valence-electron chi connectivity index (χ2n) is 8.23. The van der Waals surface area contributed by atoms with Gasteiger partial charge in [0.1, 0.15) is 24.1 Å². The van der Waals surface area contributed by atoms with Gasteiger partial charge in [0.25, 0.3) is 0 Å². The Morgan fingerprint density at radius 1 is 1.32 bits per heavy atom. The van der Waals surface area contributed by atoms with Gasteiger partial charge < -0.3 is 24.8 Å². The number of hydrogen-bond acceptors (Lipinski definition) is 6. The van der Waals surface area contributed by atoms with Gasteiger partial charge in [-0.05, 0) is 76.9 Å². The molecule has 0 aliphatic carbocycles. The lowest BCUT2D eigenvalue weighted by molar-refractivity contribution is 0.0471. The molecule has 1 fully saturated rings. The molecule has 0 saturated carbocycles. The summed E-state index contributed by atoms with van der Waals surface area (Å²) in [7, 11) is 0. The fraction of sp³-hybridized carbons (Fsp3) is 0.619. The summed E-state index contributed by atoms with van der Waals surface area (Å²) < 4.78 is 10.8. The van der Waals surface area contributed by atoms with Crippen molar-refractivity contribution in [3.05, 3.63) is 29.8 Å². The van der Waals surface area contributed by atoms with Crippen molar-refractivity contribution < 1.29 is 19.4 Å². The lowest BCUT2D eigenvalue weighted by atomic mass is 9.96. The van der Waals surface area contributed by atoms with Crippen molar-refractivity contribution in [2.24, 2.45) is 5.92 Å². The van der Waals surface area contributed by atoms with E-state index < -0.39 is 11.7 Å². The number of nitrogens with one attached hydrogen (secondary N) is 1. The predicted molar refractivity (Wildman–Crippen MR) is 106 cm³/mol. The first kappa shape index (κ1) is 22.0. The van der Waals surface area contributed by atoms with Gasteiger partial charge in [0.05, 0.1) is 11.6 Å². The van der Waals surface area contributed by atoms with Gasteiger partial charge in [0, 0.05) is 13.1 Å². The van der Waals surface area contributed by atoms with Gasteiger partial charge >= 0.3 is 6.09 Å². The fourth-order valence-electron chi connectivity index (χ4n) is 3.08. The molecule has 2 rings (SSSR count). The van der Waals surface area contributed by atoms with Crippen LogP contribution in [-0.2, 0) is 4.74 Å². The minimum atomic E-state index is -0.577. The Morgan fingerprint density at radius 3 is 2.54 bits per heavy atom. The van der Waals surface area contributed by atoms with Crippen LogP contribution in [0.3, 0.4) is 0 Å². The van der Waals surface area contributed by atoms with Crippen LogP contribution < -0.4 is 10.1 Å². The van der Waals surface area contributed by atoms with Crippen molar-refractivity contribution in [2.75, 3.05) is 32.8 Å². The summed E-state index contributed by atoms with van der Waals surface area (Å²) in [5.74, 6) is 1.07. The number of aliphatic hydroxyl groups excluding tert-OH is 1. The molecule has 0 bridgehead atoms. The van der Waals surface area contributed by atoms with Gasteiger partial charge in [-0.3, -0.25) is 0 Å². The topological polar surface area (TPSA) is 94.8 Å². The molecule has 154 valence electrons. The lowest BCUT2D eigenvalue weighted by Crippen LogP contribution is -2.43. The highest BCUT2D eigenvalue weighted by atomic mass is 16.6. The molecular weight excluding hydrogens is 358 g/mol. The van der Waals surface area contributed by atoms with Gasteiger partial charge in [-0.1, -0.05) is 0 Å². The van der Waals surface area contributed by atoms with E-state index >= 15 is 0 Å². The van der Waals surface area contributed by atoms with E-state index in [0.717, 1.165) is 25.9 Å². The number of ether oxygens (including phenoxy) is 2. The molecule has 0 radical (unpaired) electrons. The summed E-state index contributed by atoms with van der Waals surface area (Å²) in [6.45, 7) is 8.70. The average molecular weight is 389 g/mol. The molecule has 28 heavy (non-hydrogen) atoms. The lowest BCUT2D eigenvalue weighted by Gasteiger charge is -2.33. The minimum Gasteiger partial charge on any atom is -0.491 e. The van der Waals surface area contributed by atoms with Crippen LogP contribution in [-0.4, -0.2) is 60.6 Å². The molecule has 1 unspecified atom stereocenters. The summed E-state index contributed by atoms with van der Waals surface area (Å²) in [4.78, 5) is 13.9. The van der Waals surface area contributed by atoms with Crippen LogP contribution in [0.5, 0.6) is 5.75 Å². The Kier molecular flexibility index (Phi) is 8.09. The van der Waals surface area contributed by atoms with Crippen LogP contribution in [0, 0.1) is 17.2 Å². The Labute approximate surface area is 167 Å². The second kappa shape index (κ2) is 10.3. The van der Waals surface area contributed by atoms with Crippen LogP contribution in [0.15, 0.2) is 24.3 Å². The Balaban J connectivity index is 1.62. The molecule has 1 atom stereocenters. The minimum absolute atomic E-state index is 0.214. The van der Waals surface area contributed by atoms with E-state index in [1.165, 1.54) is 0 Å². The largest absolute Gasteiger partial charge is 0.491 e. The number of alkyl carbamates (subject to hydrolysis) is 1. The van der Waals surface area contributed by atoms with E-state index in [1.54, 1.807) is 24.3 Å². The van der Waals surface area contributed by atoms with Crippen molar-refractivity contribution in [3.63, 3.8) is 0 Å². The Morgan fingerprint density at radius 2 is 1.96 bits per heavy atom. The summed E-state index contributed by atoms with van der Waals surface area (Å²) in [6.07, 6.45) is 0.996. The molecule has 1 saturated heterocycles. The van der Waals surface area contributed by atoms with Gasteiger partial charge in [-0.25, -0.2) is 4.79 Å². The highest BCUT2D eigenvalue weighted by Gasteiger charge is 2.23. The van der Waals surface area contributed by atoms with E-state index in [2.05, 4.69) is 16.3 Å². The first-order chi connectivity index (χ1) is 13.2. The van der Waals surface area contributed by atoms with Gasteiger partial charge in [0.2, 0.25) is 0 Å². The fourth-order valence-corrected chi connectivity index (χ4v) is 3.08. The van der Waals surface area contributed by atoms with E-state index in [4.69, 9.17) is 14.7 Å². The van der Waals surface area contributed by atoms with Gasteiger partial charge in [-0.15, -0.1) is 0 Å². The predicted octanol–water partition coefficient (Wildman–Crippen LogP) is 2.53. The maximum absolute atomic E-state index is 11.7. The van der Waals surface area contributed by atoms with Gasteiger partial charge in [-0.2, -0.15) is 5.26 Å². The number of benzene rings is 1. The SMILES string of the molecule is CC(C)(C)OC(=O)NCC1CCN(CC(O)COc2ccc(C#N)cc2)CC1. The standard InChI is InChI=1S/C21H31N3O4/c1-21(2,3)28-20(26)23-13-17-8-10-24(11-9-17)14-18(25)15-27-19-6-4-16(12-22)5-7-19/h4-7,17-18,25H,8-11,13-15H2,1-3H3,(H,23,26). The number of hydrogen-bond donors (Lipinski definition) is 2. The summed E-state index contributed by atoms with van der Waals surface area (Å²) >= 11 is 0. The normalized spacial score (nSPS) is 16.8. The zero-order valence-corrected chi connectivity index (χ0v) is 17.0. The number of carbonyl (C=O) groups excluding carboxylic acids is 1. The molecule has 0 aromatic heterocycles. The first-order valence-electron chi connectivity index (χ1n) is 9.75. The van der Waals surface area contributed by atoms with Crippen molar-refractivity contribution in [3.8, 4) is 11.8 Å². The van der Waals surface area contributed by atoms with Crippen molar-refractivity contribution in [1.29, 1.82) is 5.26 Å². The number of β-amino-alcohol motifs (C(OH)–C–C–N with tert-alkyl or cyclic N) is 1. The molecule has 1 aliphatic rings. The number of nitriles is 1. The number of carbonyl (C=O) groups is 1. The zero-order valence-electron chi connectivity index (χ0n) is 17.0. The van der Waals surface area contributed by atoms with E-state index in [9.17, 15) is 9.90 Å². The molecule has 2 N–H and O–H groups in total. The molecule has 1 amide bonds. The maximum Gasteiger partial charge on any atom is 0.407 e. The third-order valence-electron chi connectivity index (χ3n) is 4.54. The number of rotatable bonds is 7. The van der Waals surface area contributed by atoms with Gasteiger partial charge in [0.15, 0.2) is 0 Å². The number of likely N-dealkylation sites (tertiary alicyclic amines) is 1. The number of nitrogens with zero attached hydrogens (tertiary/aromatic N) is 2. The van der Waals surface area contributed by atoms with E-state index in [0.29, 0.717) is 30.3 Å². The number of aliphatic hydroxyl groups is 1. The highest BCUT2D eigenvalue weighted by molar-refractivity contribution is 5.67. The summed E-state index contributed by atoms with van der Waals surface area (Å²) in [6, 6.07) is 8.91. The number of piperidine rings is 1.